The minimum absolute atomic E-state index is 0.235. The van der Waals surface area contributed by atoms with Crippen LogP contribution < -0.4 is 4.74 Å². The Morgan fingerprint density at radius 1 is 0.792 bits per heavy atom. The van der Waals surface area contributed by atoms with Crippen molar-refractivity contribution in [3.05, 3.63) is 101 Å². The van der Waals surface area contributed by atoms with E-state index in [1.54, 1.807) is 6.07 Å². The van der Waals surface area contributed by atoms with Gasteiger partial charge < -0.3 is 4.74 Å². The molecule has 2 bridgehead atoms. The van der Waals surface area contributed by atoms with Gasteiger partial charge in [-0.05, 0) is 29.3 Å². The molecule has 0 saturated carbocycles. The zero-order valence-electron chi connectivity index (χ0n) is 12.8. The van der Waals surface area contributed by atoms with Crippen molar-refractivity contribution in [1.29, 1.82) is 0 Å². The Bertz CT molecular complexity index is 965. The van der Waals surface area contributed by atoms with Gasteiger partial charge in [-0.15, -0.1) is 0 Å². The SMILES string of the molecule is Fc1ccc2c(c1)[C@@H]1N=C(c3ccccc3)[C@H]2Oc2ccccc21. The highest BCUT2D eigenvalue weighted by Crippen LogP contribution is 2.47. The van der Waals surface area contributed by atoms with E-state index in [-0.39, 0.29) is 18.0 Å². The average molecular weight is 315 g/mol. The van der Waals surface area contributed by atoms with Crippen LogP contribution in [0.2, 0.25) is 0 Å². The van der Waals surface area contributed by atoms with E-state index in [0.29, 0.717) is 0 Å². The van der Waals surface area contributed by atoms with E-state index in [9.17, 15) is 4.39 Å². The van der Waals surface area contributed by atoms with Gasteiger partial charge in [-0.2, -0.15) is 0 Å². The molecule has 6 rings (SSSR count). The molecular weight excluding hydrogens is 301 g/mol. The Hall–Kier alpha value is -2.94. The predicted octanol–water partition coefficient (Wildman–Crippen LogP) is 4.85. The van der Waals surface area contributed by atoms with Crippen molar-refractivity contribution < 1.29 is 9.13 Å². The summed E-state index contributed by atoms with van der Waals surface area (Å²) in [7, 11) is 0. The number of hydrogen-bond acceptors (Lipinski definition) is 2. The molecule has 0 unspecified atom stereocenters. The van der Waals surface area contributed by atoms with Crippen LogP contribution in [0.15, 0.2) is 77.8 Å². The second-order valence-electron chi connectivity index (χ2n) is 6.09. The van der Waals surface area contributed by atoms with Gasteiger partial charge in [0.1, 0.15) is 17.6 Å². The maximum Gasteiger partial charge on any atom is 0.166 e. The van der Waals surface area contributed by atoms with Crippen molar-refractivity contribution in [3.8, 4) is 5.75 Å². The minimum atomic E-state index is -0.317. The molecule has 0 aromatic heterocycles. The molecule has 3 aromatic carbocycles. The first kappa shape index (κ1) is 13.5. The topological polar surface area (TPSA) is 21.6 Å². The lowest BCUT2D eigenvalue weighted by atomic mass is 9.87. The summed E-state index contributed by atoms with van der Waals surface area (Å²) < 4.78 is 20.2. The third kappa shape index (κ3) is 1.91. The van der Waals surface area contributed by atoms with Crippen molar-refractivity contribution in [2.45, 2.75) is 12.1 Å². The second kappa shape index (κ2) is 5.03. The van der Waals surface area contributed by atoms with Crippen LogP contribution >= 0.6 is 0 Å². The largest absolute Gasteiger partial charge is 0.479 e. The van der Waals surface area contributed by atoms with E-state index in [2.05, 4.69) is 0 Å². The zero-order chi connectivity index (χ0) is 16.1. The third-order valence-corrected chi connectivity index (χ3v) is 4.67. The summed E-state index contributed by atoms with van der Waals surface area (Å²) in [6.45, 7) is 0. The first-order valence-electron chi connectivity index (χ1n) is 7.99. The summed E-state index contributed by atoms with van der Waals surface area (Å²) in [6, 6.07) is 22.6. The van der Waals surface area contributed by atoms with E-state index in [4.69, 9.17) is 9.73 Å². The van der Waals surface area contributed by atoms with Crippen molar-refractivity contribution in [3.63, 3.8) is 0 Å². The molecule has 2 atom stereocenters. The molecule has 2 nitrogen and oxygen atoms in total. The fourth-order valence-corrected chi connectivity index (χ4v) is 3.58. The molecule has 0 spiro atoms. The van der Waals surface area contributed by atoms with Gasteiger partial charge in [0.05, 0.1) is 5.71 Å². The Kier molecular flexibility index (Phi) is 2.83. The van der Waals surface area contributed by atoms with Crippen LogP contribution in [0.1, 0.15) is 34.4 Å². The number of halogens is 1. The number of ether oxygens (including phenoxy) is 1. The van der Waals surface area contributed by atoms with Crippen LogP contribution in [0.5, 0.6) is 5.75 Å². The van der Waals surface area contributed by atoms with Crippen LogP contribution in [0.3, 0.4) is 0 Å². The summed E-state index contributed by atoms with van der Waals surface area (Å²) in [4.78, 5) is 4.96. The lowest BCUT2D eigenvalue weighted by Gasteiger charge is -2.26. The first-order chi connectivity index (χ1) is 11.8. The molecule has 0 fully saturated rings. The van der Waals surface area contributed by atoms with E-state index < -0.39 is 0 Å². The van der Waals surface area contributed by atoms with Crippen LogP contribution in [0, 0.1) is 5.82 Å². The summed E-state index contributed by atoms with van der Waals surface area (Å²) >= 11 is 0. The molecule has 24 heavy (non-hydrogen) atoms. The van der Waals surface area contributed by atoms with Gasteiger partial charge in [-0.25, -0.2) is 4.39 Å². The molecule has 0 N–H and O–H groups in total. The second-order valence-corrected chi connectivity index (χ2v) is 6.09. The fraction of sp³-hybridized carbons (Fsp3) is 0.0952. The molecule has 3 heteroatoms. The lowest BCUT2D eigenvalue weighted by Crippen LogP contribution is -2.24. The first-order valence-corrected chi connectivity index (χ1v) is 7.99. The number of nitrogens with zero attached hydrogens (tertiary/aromatic N) is 1. The van der Waals surface area contributed by atoms with Crippen LogP contribution in [-0.2, 0) is 0 Å². The van der Waals surface area contributed by atoms with Gasteiger partial charge in [-0.1, -0.05) is 54.6 Å². The third-order valence-electron chi connectivity index (χ3n) is 4.67. The molecule has 3 aliphatic rings. The number of benzene rings is 3. The van der Waals surface area contributed by atoms with Crippen molar-refractivity contribution >= 4 is 5.71 Å². The molecule has 3 aliphatic heterocycles. The lowest BCUT2D eigenvalue weighted by molar-refractivity contribution is 0.275. The van der Waals surface area contributed by atoms with Crippen molar-refractivity contribution in [2.75, 3.05) is 0 Å². The molecule has 3 aromatic rings. The zero-order valence-corrected chi connectivity index (χ0v) is 12.8. The van der Waals surface area contributed by atoms with Crippen LogP contribution in [-0.4, -0.2) is 5.71 Å². The molecule has 0 radical (unpaired) electrons. The van der Waals surface area contributed by atoms with Crippen LogP contribution in [0.25, 0.3) is 0 Å². The van der Waals surface area contributed by atoms with Gasteiger partial charge >= 0.3 is 0 Å². The molecule has 0 amide bonds. The van der Waals surface area contributed by atoms with E-state index in [1.165, 1.54) is 6.07 Å². The molecular formula is C21H14FNO. The summed E-state index contributed by atoms with van der Waals surface area (Å²) in [5, 5.41) is 0. The minimum Gasteiger partial charge on any atom is -0.479 e. The molecule has 3 heterocycles. The van der Waals surface area contributed by atoms with Crippen LogP contribution in [0.4, 0.5) is 4.39 Å². The van der Waals surface area contributed by atoms with Gasteiger partial charge in [0.25, 0.3) is 0 Å². The highest BCUT2D eigenvalue weighted by molar-refractivity contribution is 6.06. The number of hydrogen-bond donors (Lipinski definition) is 0. The maximum absolute atomic E-state index is 13.9. The molecule has 116 valence electrons. The predicted molar refractivity (Wildman–Crippen MR) is 91.0 cm³/mol. The monoisotopic (exact) mass is 315 g/mol. The van der Waals surface area contributed by atoms with Gasteiger partial charge in [0, 0.05) is 11.1 Å². The summed E-state index contributed by atoms with van der Waals surface area (Å²) in [6.07, 6.45) is -0.317. The highest BCUT2D eigenvalue weighted by atomic mass is 19.1. The number of para-hydroxylation sites is 1. The fourth-order valence-electron chi connectivity index (χ4n) is 3.58. The Morgan fingerprint density at radius 3 is 2.46 bits per heavy atom. The highest BCUT2D eigenvalue weighted by Gasteiger charge is 2.38. The summed E-state index contributed by atoms with van der Waals surface area (Å²) in [5.41, 5.74) is 4.81. The number of aliphatic imine (C=N–C) groups is 1. The quantitative estimate of drug-likeness (QED) is 0.629. The van der Waals surface area contributed by atoms with Gasteiger partial charge in [0.15, 0.2) is 6.10 Å². The van der Waals surface area contributed by atoms with Gasteiger partial charge in [0.2, 0.25) is 0 Å². The average Bonchev–Trinajstić information content (AvgIpc) is 2.87. The maximum atomic E-state index is 13.9. The van der Waals surface area contributed by atoms with E-state index >= 15 is 0 Å². The smallest absolute Gasteiger partial charge is 0.166 e. The van der Waals surface area contributed by atoms with Crippen molar-refractivity contribution in [1.82, 2.24) is 0 Å². The number of rotatable bonds is 1. The molecule has 0 saturated heterocycles. The summed E-state index contributed by atoms with van der Waals surface area (Å²) in [5.74, 6) is 0.578. The van der Waals surface area contributed by atoms with Gasteiger partial charge in [-0.3, -0.25) is 4.99 Å². The Balaban J connectivity index is 1.78. The Morgan fingerprint density at radius 2 is 1.58 bits per heavy atom. The standard InChI is InChI=1S/C21H14FNO/c22-14-10-11-15-17(12-14)20-16-8-4-5-9-18(16)24-21(15)19(23-20)13-6-2-1-3-7-13/h1-12,20-21H/t20-,21+/m1/s1. The molecule has 0 aliphatic carbocycles. The van der Waals surface area contributed by atoms with E-state index in [1.807, 2.05) is 60.7 Å². The van der Waals surface area contributed by atoms with Crippen molar-refractivity contribution in [2.24, 2.45) is 4.99 Å². The Labute approximate surface area is 139 Å². The van der Waals surface area contributed by atoms with E-state index in [0.717, 1.165) is 33.7 Å². The normalized spacial score (nSPS) is 20.5.